The van der Waals surface area contributed by atoms with Gasteiger partial charge in [0.25, 0.3) is 11.5 Å². The van der Waals surface area contributed by atoms with Gasteiger partial charge in [-0.2, -0.15) is 0 Å². The van der Waals surface area contributed by atoms with E-state index in [-0.39, 0.29) is 23.3 Å². The number of rotatable bonds is 6. The summed E-state index contributed by atoms with van der Waals surface area (Å²) in [5, 5.41) is 3.00. The molecule has 198 valence electrons. The number of piperidine rings is 1. The molecule has 1 aromatic carbocycles. The van der Waals surface area contributed by atoms with Crippen LogP contribution >= 0.6 is 0 Å². The molecule has 0 spiro atoms. The quantitative estimate of drug-likeness (QED) is 0.530. The van der Waals surface area contributed by atoms with Gasteiger partial charge in [-0.25, -0.2) is 4.39 Å². The second-order valence-corrected chi connectivity index (χ2v) is 10.4. The van der Waals surface area contributed by atoms with E-state index in [1.807, 2.05) is 24.3 Å². The zero-order valence-electron chi connectivity index (χ0n) is 22.3. The predicted octanol–water partition coefficient (Wildman–Crippen LogP) is 4.30. The van der Waals surface area contributed by atoms with Crippen LogP contribution in [0.15, 0.2) is 65.2 Å². The van der Waals surface area contributed by atoms with Crippen molar-refractivity contribution in [1.82, 2.24) is 19.4 Å². The highest BCUT2D eigenvalue weighted by Crippen LogP contribution is 2.39. The Morgan fingerprint density at radius 2 is 1.95 bits per heavy atom. The third-order valence-electron chi connectivity index (χ3n) is 7.79. The van der Waals surface area contributed by atoms with Crippen molar-refractivity contribution in [2.45, 2.75) is 31.4 Å². The smallest absolute Gasteiger partial charge is 0.257 e. The molecule has 8 heteroatoms. The minimum absolute atomic E-state index is 0.0550. The lowest BCUT2D eigenvalue weighted by Gasteiger charge is -2.35. The number of nitrogens with zero attached hydrogens (tertiary/aromatic N) is 4. The number of anilines is 1. The van der Waals surface area contributed by atoms with E-state index in [0.717, 1.165) is 34.7 Å². The standard InChI is InChI=1S/C30H34FN5O2/c1-19-22(15-25-27(9-12-33-29(19)25)36-14-10-23(32-2)16-28(36)37)17-35-13-11-24(26(31)18-35)20-5-7-21(8-6-20)30(38)34(3)4/h5-10,12,14-16,19,24,26,32H,11,13,17-18H2,1-4H3/t19-,24?,26+/m1/s1. The third kappa shape index (κ3) is 4.88. The number of hydrogen-bond acceptors (Lipinski definition) is 5. The Hall–Kier alpha value is -3.78. The van der Waals surface area contributed by atoms with Gasteiger partial charge in [-0.3, -0.25) is 24.0 Å². The summed E-state index contributed by atoms with van der Waals surface area (Å²) >= 11 is 0. The van der Waals surface area contributed by atoms with Crippen molar-refractivity contribution in [2.75, 3.05) is 46.1 Å². The van der Waals surface area contributed by atoms with Gasteiger partial charge in [-0.1, -0.05) is 19.1 Å². The molecule has 0 saturated carbocycles. The maximum absolute atomic E-state index is 15.4. The largest absolute Gasteiger partial charge is 0.388 e. The van der Waals surface area contributed by atoms with E-state index in [1.165, 1.54) is 5.57 Å². The van der Waals surface area contributed by atoms with Crippen molar-refractivity contribution in [3.05, 3.63) is 93.2 Å². The number of carbonyl (C=O) groups is 1. The van der Waals surface area contributed by atoms with E-state index in [2.05, 4.69) is 28.2 Å². The van der Waals surface area contributed by atoms with Crippen LogP contribution in [0.1, 0.15) is 52.4 Å². The van der Waals surface area contributed by atoms with Crippen LogP contribution in [0.2, 0.25) is 0 Å². The van der Waals surface area contributed by atoms with Crippen LogP contribution in [0, 0.1) is 0 Å². The summed E-state index contributed by atoms with van der Waals surface area (Å²) < 4.78 is 17.1. The molecule has 1 aliphatic heterocycles. The van der Waals surface area contributed by atoms with E-state index < -0.39 is 6.17 Å². The van der Waals surface area contributed by atoms with Gasteiger partial charge in [0.1, 0.15) is 6.17 Å². The zero-order valence-corrected chi connectivity index (χ0v) is 22.3. The lowest BCUT2D eigenvalue weighted by atomic mass is 9.87. The van der Waals surface area contributed by atoms with E-state index >= 15 is 4.39 Å². The summed E-state index contributed by atoms with van der Waals surface area (Å²) in [7, 11) is 5.23. The summed E-state index contributed by atoms with van der Waals surface area (Å²) in [4.78, 5) is 33.3. The van der Waals surface area contributed by atoms with Crippen LogP contribution < -0.4 is 10.9 Å². The molecule has 3 aromatic rings. The molecule has 1 saturated heterocycles. The molecule has 1 N–H and O–H groups in total. The van der Waals surface area contributed by atoms with Gasteiger partial charge in [0.05, 0.1) is 11.4 Å². The fraction of sp³-hybridized carbons (Fsp3) is 0.367. The number of alkyl halides is 1. The topological polar surface area (TPSA) is 70.5 Å². The second kappa shape index (κ2) is 10.5. The van der Waals surface area contributed by atoms with Crippen LogP contribution in [0.5, 0.6) is 0 Å². The Labute approximate surface area is 222 Å². The number of carbonyl (C=O) groups excluding carboxylic acids is 1. The molecular formula is C30H34FN5O2. The first kappa shape index (κ1) is 25.9. The molecule has 7 nitrogen and oxygen atoms in total. The number of likely N-dealkylation sites (tertiary alicyclic amines) is 1. The Bertz CT molecular complexity index is 1430. The SMILES string of the molecule is CNc1ccn(-c2ccnc3c2C=C(CN2CCC(c4ccc(C(=O)N(C)C)cc4)[C@@H](F)C2)[C@H]3C)c(=O)c1. The fourth-order valence-electron chi connectivity index (χ4n) is 5.56. The summed E-state index contributed by atoms with van der Waals surface area (Å²) in [6.07, 6.45) is 5.38. The molecule has 3 heterocycles. The summed E-state index contributed by atoms with van der Waals surface area (Å²) in [5.41, 5.74) is 6.10. The maximum Gasteiger partial charge on any atom is 0.257 e. The lowest BCUT2D eigenvalue weighted by molar-refractivity contribution is 0.0827. The first-order valence-electron chi connectivity index (χ1n) is 13.0. The van der Waals surface area contributed by atoms with Crippen molar-refractivity contribution in [3.63, 3.8) is 0 Å². The molecule has 2 aromatic heterocycles. The molecule has 1 aliphatic carbocycles. The van der Waals surface area contributed by atoms with Gasteiger partial charge in [-0.05, 0) is 54.4 Å². The molecule has 1 amide bonds. The van der Waals surface area contributed by atoms with Gasteiger partial charge in [0, 0.05) is 81.3 Å². The van der Waals surface area contributed by atoms with Crippen LogP contribution in [0.4, 0.5) is 10.1 Å². The highest BCUT2D eigenvalue weighted by atomic mass is 19.1. The van der Waals surface area contributed by atoms with E-state index in [9.17, 15) is 9.59 Å². The maximum atomic E-state index is 15.4. The number of hydrogen-bond donors (Lipinski definition) is 1. The molecule has 3 atom stereocenters. The normalized spacial score (nSPS) is 21.1. The molecule has 1 unspecified atom stereocenters. The number of fused-ring (bicyclic) bond motifs is 1. The molecule has 1 fully saturated rings. The Morgan fingerprint density at radius 1 is 1.18 bits per heavy atom. The highest BCUT2D eigenvalue weighted by molar-refractivity contribution is 5.93. The molecule has 2 aliphatic rings. The van der Waals surface area contributed by atoms with Crippen molar-refractivity contribution in [3.8, 4) is 5.69 Å². The monoisotopic (exact) mass is 515 g/mol. The van der Waals surface area contributed by atoms with E-state index in [4.69, 9.17) is 0 Å². The average molecular weight is 516 g/mol. The molecule has 0 bridgehead atoms. The lowest BCUT2D eigenvalue weighted by Crippen LogP contribution is -2.41. The van der Waals surface area contributed by atoms with Gasteiger partial charge >= 0.3 is 0 Å². The van der Waals surface area contributed by atoms with E-state index in [0.29, 0.717) is 25.1 Å². The number of amides is 1. The molecule has 0 radical (unpaired) electrons. The van der Waals surface area contributed by atoms with Gasteiger partial charge in [-0.15, -0.1) is 0 Å². The first-order valence-corrected chi connectivity index (χ1v) is 13.0. The predicted molar refractivity (Wildman–Crippen MR) is 149 cm³/mol. The number of nitrogens with one attached hydrogen (secondary N) is 1. The second-order valence-electron chi connectivity index (χ2n) is 10.4. The molecular weight excluding hydrogens is 481 g/mol. The van der Waals surface area contributed by atoms with Crippen molar-refractivity contribution in [1.29, 1.82) is 0 Å². The molecule has 38 heavy (non-hydrogen) atoms. The minimum Gasteiger partial charge on any atom is -0.388 e. The third-order valence-corrected chi connectivity index (χ3v) is 7.79. The number of benzene rings is 1. The summed E-state index contributed by atoms with van der Waals surface area (Å²) in [6.45, 7) is 3.93. The number of halogens is 1. The Kier molecular flexibility index (Phi) is 7.17. The van der Waals surface area contributed by atoms with Crippen LogP contribution in [0.3, 0.4) is 0 Å². The number of pyridine rings is 2. The van der Waals surface area contributed by atoms with Crippen molar-refractivity contribution >= 4 is 17.7 Å². The zero-order chi connectivity index (χ0) is 27.0. The summed E-state index contributed by atoms with van der Waals surface area (Å²) in [6, 6.07) is 12.7. The summed E-state index contributed by atoms with van der Waals surface area (Å²) in [5.74, 6) is -0.141. The van der Waals surface area contributed by atoms with Crippen molar-refractivity contribution < 1.29 is 9.18 Å². The van der Waals surface area contributed by atoms with Crippen LogP contribution in [0.25, 0.3) is 11.8 Å². The van der Waals surface area contributed by atoms with Crippen LogP contribution in [-0.2, 0) is 0 Å². The van der Waals surface area contributed by atoms with Crippen molar-refractivity contribution in [2.24, 2.45) is 0 Å². The van der Waals surface area contributed by atoms with E-state index in [1.54, 1.807) is 61.2 Å². The first-order chi connectivity index (χ1) is 18.3. The Balaban J connectivity index is 1.30. The van der Waals surface area contributed by atoms with Gasteiger partial charge in [0.2, 0.25) is 0 Å². The Morgan fingerprint density at radius 3 is 2.61 bits per heavy atom. The highest BCUT2D eigenvalue weighted by Gasteiger charge is 2.33. The van der Waals surface area contributed by atoms with Crippen LogP contribution in [-0.4, -0.2) is 72.2 Å². The van der Waals surface area contributed by atoms with Gasteiger partial charge in [0.15, 0.2) is 0 Å². The average Bonchev–Trinajstić information content (AvgIpc) is 3.23. The molecule has 5 rings (SSSR count). The minimum atomic E-state index is -0.989. The van der Waals surface area contributed by atoms with Gasteiger partial charge < -0.3 is 10.2 Å². The fourth-order valence-corrected chi connectivity index (χ4v) is 5.56. The number of aromatic nitrogens is 2.